The summed E-state index contributed by atoms with van der Waals surface area (Å²) in [4.78, 5) is 2.48. The first-order valence-electron chi connectivity index (χ1n) is 8.86. The fraction of sp³-hybridized carbons (Fsp3) is 0.706. The van der Waals surface area contributed by atoms with Crippen LogP contribution in [0.2, 0.25) is 0 Å². The van der Waals surface area contributed by atoms with E-state index in [1.807, 2.05) is 13.0 Å². The normalized spacial score (nSPS) is 22.7. The van der Waals surface area contributed by atoms with Crippen molar-refractivity contribution in [1.29, 1.82) is 0 Å². The fourth-order valence-electron chi connectivity index (χ4n) is 3.94. The number of aryl methyl sites for hydroxylation is 2. The summed E-state index contributed by atoms with van der Waals surface area (Å²) in [5.41, 5.74) is 1.03. The van der Waals surface area contributed by atoms with Gasteiger partial charge in [-0.05, 0) is 39.2 Å². The lowest BCUT2D eigenvalue weighted by molar-refractivity contribution is 0.189. The highest BCUT2D eigenvalue weighted by molar-refractivity contribution is 5.07. The van der Waals surface area contributed by atoms with Gasteiger partial charge in [0.2, 0.25) is 0 Å². The highest BCUT2D eigenvalue weighted by atomic mass is 16.5. The van der Waals surface area contributed by atoms with Crippen molar-refractivity contribution < 1.29 is 4.52 Å². The van der Waals surface area contributed by atoms with Crippen LogP contribution in [0.25, 0.3) is 0 Å². The zero-order valence-electron chi connectivity index (χ0n) is 13.9. The molecule has 1 fully saturated rings. The number of hydrogen-bond donors (Lipinski definition) is 0. The molecule has 0 amide bonds. The SMILES string of the molecule is Cc1cc(CN2CCCC(c3nnc4n3CCCCC4)C2)no1. The number of hydrogen-bond acceptors (Lipinski definition) is 5. The third kappa shape index (κ3) is 3.17. The van der Waals surface area contributed by atoms with Crippen molar-refractivity contribution in [3.63, 3.8) is 0 Å². The van der Waals surface area contributed by atoms with Gasteiger partial charge in [0.15, 0.2) is 0 Å². The van der Waals surface area contributed by atoms with Crippen LogP contribution in [0.5, 0.6) is 0 Å². The molecule has 0 radical (unpaired) electrons. The molecule has 124 valence electrons. The van der Waals surface area contributed by atoms with Crippen molar-refractivity contribution in [2.24, 2.45) is 0 Å². The molecule has 4 heterocycles. The van der Waals surface area contributed by atoms with E-state index in [1.165, 1.54) is 43.8 Å². The van der Waals surface area contributed by atoms with E-state index in [9.17, 15) is 0 Å². The Balaban J connectivity index is 1.48. The molecule has 0 N–H and O–H groups in total. The van der Waals surface area contributed by atoms with Crippen LogP contribution >= 0.6 is 0 Å². The van der Waals surface area contributed by atoms with Gasteiger partial charge in [0, 0.05) is 38.0 Å². The van der Waals surface area contributed by atoms with E-state index in [-0.39, 0.29) is 0 Å². The Kier molecular flexibility index (Phi) is 4.16. The first kappa shape index (κ1) is 14.9. The largest absolute Gasteiger partial charge is 0.361 e. The van der Waals surface area contributed by atoms with Crippen LogP contribution in [-0.4, -0.2) is 37.9 Å². The maximum absolute atomic E-state index is 5.19. The van der Waals surface area contributed by atoms with Crippen molar-refractivity contribution in [2.45, 2.75) is 64.5 Å². The van der Waals surface area contributed by atoms with Gasteiger partial charge in [0.05, 0.1) is 5.69 Å². The second kappa shape index (κ2) is 6.43. The Hall–Kier alpha value is -1.69. The molecule has 0 aromatic carbocycles. The topological polar surface area (TPSA) is 60.0 Å². The molecular weight excluding hydrogens is 290 g/mol. The lowest BCUT2D eigenvalue weighted by Gasteiger charge is -2.31. The molecule has 2 aliphatic rings. The molecule has 2 aromatic heterocycles. The van der Waals surface area contributed by atoms with Crippen molar-refractivity contribution in [2.75, 3.05) is 13.1 Å². The van der Waals surface area contributed by atoms with Crippen molar-refractivity contribution in [3.8, 4) is 0 Å². The predicted molar refractivity (Wildman–Crippen MR) is 86.1 cm³/mol. The Morgan fingerprint density at radius 1 is 1.17 bits per heavy atom. The third-order valence-electron chi connectivity index (χ3n) is 5.07. The Labute approximate surface area is 136 Å². The maximum Gasteiger partial charge on any atom is 0.137 e. The summed E-state index contributed by atoms with van der Waals surface area (Å²) in [6.07, 6.45) is 7.33. The van der Waals surface area contributed by atoms with Gasteiger partial charge < -0.3 is 9.09 Å². The van der Waals surface area contributed by atoms with Gasteiger partial charge in [0.25, 0.3) is 0 Å². The van der Waals surface area contributed by atoms with Crippen LogP contribution in [0.15, 0.2) is 10.6 Å². The minimum Gasteiger partial charge on any atom is -0.361 e. The van der Waals surface area contributed by atoms with E-state index in [1.54, 1.807) is 0 Å². The molecule has 23 heavy (non-hydrogen) atoms. The average molecular weight is 315 g/mol. The molecule has 4 rings (SSSR count). The molecule has 0 bridgehead atoms. The lowest BCUT2D eigenvalue weighted by Crippen LogP contribution is -2.35. The smallest absolute Gasteiger partial charge is 0.137 e. The van der Waals surface area contributed by atoms with E-state index in [4.69, 9.17) is 4.52 Å². The molecule has 2 aliphatic heterocycles. The summed E-state index contributed by atoms with van der Waals surface area (Å²) in [6, 6.07) is 2.03. The fourth-order valence-corrected chi connectivity index (χ4v) is 3.94. The second-order valence-corrected chi connectivity index (χ2v) is 6.94. The molecule has 1 atom stereocenters. The second-order valence-electron chi connectivity index (χ2n) is 6.94. The zero-order chi connectivity index (χ0) is 15.6. The third-order valence-corrected chi connectivity index (χ3v) is 5.07. The van der Waals surface area contributed by atoms with Crippen LogP contribution in [0, 0.1) is 6.92 Å². The first-order valence-corrected chi connectivity index (χ1v) is 8.86. The predicted octanol–water partition coefficient (Wildman–Crippen LogP) is 2.68. The van der Waals surface area contributed by atoms with E-state index in [0.717, 1.165) is 44.1 Å². The Morgan fingerprint density at radius 3 is 3.00 bits per heavy atom. The van der Waals surface area contributed by atoms with Crippen LogP contribution in [-0.2, 0) is 19.5 Å². The van der Waals surface area contributed by atoms with Gasteiger partial charge in [-0.2, -0.15) is 0 Å². The number of nitrogens with zero attached hydrogens (tertiary/aromatic N) is 5. The van der Waals surface area contributed by atoms with E-state index in [0.29, 0.717) is 5.92 Å². The van der Waals surface area contributed by atoms with Gasteiger partial charge in [0.1, 0.15) is 17.4 Å². The summed E-state index contributed by atoms with van der Waals surface area (Å²) in [5.74, 6) is 3.79. The Morgan fingerprint density at radius 2 is 2.13 bits per heavy atom. The van der Waals surface area contributed by atoms with Gasteiger partial charge >= 0.3 is 0 Å². The molecule has 0 saturated carbocycles. The summed E-state index contributed by atoms with van der Waals surface area (Å²) < 4.78 is 7.59. The lowest BCUT2D eigenvalue weighted by atomic mass is 9.97. The van der Waals surface area contributed by atoms with Gasteiger partial charge in [-0.25, -0.2) is 0 Å². The maximum atomic E-state index is 5.19. The van der Waals surface area contributed by atoms with E-state index in [2.05, 4.69) is 24.8 Å². The number of piperidine rings is 1. The molecule has 1 saturated heterocycles. The molecule has 2 aromatic rings. The van der Waals surface area contributed by atoms with Crippen LogP contribution in [0.3, 0.4) is 0 Å². The average Bonchev–Trinajstić information content (AvgIpc) is 3.07. The number of fused-ring (bicyclic) bond motifs is 1. The van der Waals surface area contributed by atoms with Crippen LogP contribution in [0.1, 0.15) is 61.1 Å². The van der Waals surface area contributed by atoms with E-state index >= 15 is 0 Å². The Bertz CT molecular complexity index is 662. The van der Waals surface area contributed by atoms with Gasteiger partial charge in [-0.3, -0.25) is 4.90 Å². The van der Waals surface area contributed by atoms with Gasteiger partial charge in [-0.15, -0.1) is 10.2 Å². The first-order chi connectivity index (χ1) is 11.3. The highest BCUT2D eigenvalue weighted by Gasteiger charge is 2.27. The molecule has 6 nitrogen and oxygen atoms in total. The summed E-state index contributed by atoms with van der Waals surface area (Å²) >= 11 is 0. The number of aromatic nitrogens is 4. The molecule has 0 spiro atoms. The van der Waals surface area contributed by atoms with Crippen molar-refractivity contribution in [1.82, 2.24) is 24.8 Å². The minimum atomic E-state index is 0.496. The summed E-state index contributed by atoms with van der Waals surface area (Å²) in [5, 5.41) is 13.2. The zero-order valence-corrected chi connectivity index (χ0v) is 13.9. The van der Waals surface area contributed by atoms with Crippen molar-refractivity contribution in [3.05, 3.63) is 29.2 Å². The quantitative estimate of drug-likeness (QED) is 0.871. The highest BCUT2D eigenvalue weighted by Crippen LogP contribution is 2.28. The van der Waals surface area contributed by atoms with E-state index < -0.39 is 0 Å². The molecule has 1 unspecified atom stereocenters. The van der Waals surface area contributed by atoms with Crippen molar-refractivity contribution >= 4 is 0 Å². The molecular formula is C17H25N5O. The van der Waals surface area contributed by atoms with Crippen LogP contribution in [0.4, 0.5) is 0 Å². The molecule has 0 aliphatic carbocycles. The standard InChI is InChI=1S/C17H25N5O/c1-13-10-15(20-23-13)12-21-8-5-6-14(11-21)17-19-18-16-7-3-2-4-9-22(16)17/h10,14H,2-9,11-12H2,1H3. The monoisotopic (exact) mass is 315 g/mol. The summed E-state index contributed by atoms with van der Waals surface area (Å²) in [6.45, 7) is 6.08. The van der Waals surface area contributed by atoms with Gasteiger partial charge in [-0.1, -0.05) is 11.6 Å². The number of likely N-dealkylation sites (tertiary alicyclic amines) is 1. The minimum absolute atomic E-state index is 0.496. The molecule has 6 heteroatoms. The van der Waals surface area contributed by atoms with Crippen LogP contribution < -0.4 is 0 Å². The summed E-state index contributed by atoms with van der Waals surface area (Å²) in [7, 11) is 0. The number of rotatable bonds is 3.